The molecule has 0 bridgehead atoms. The summed E-state index contributed by atoms with van der Waals surface area (Å²) >= 11 is 0. The second-order valence-corrected chi connectivity index (χ2v) is 12.1. The van der Waals surface area contributed by atoms with Crippen LogP contribution in [0.25, 0.3) is 0 Å². The van der Waals surface area contributed by atoms with E-state index in [0.717, 1.165) is 56.0 Å². The molecule has 228 valence electrons. The average Bonchev–Trinajstić information content (AvgIpc) is 2.92. The molecule has 1 rings (SSSR count). The molecule has 0 aliphatic heterocycles. The Bertz CT molecular complexity index is 981. The van der Waals surface area contributed by atoms with Crippen LogP contribution in [0.15, 0.2) is 83.1 Å². The third-order valence-corrected chi connectivity index (χ3v) is 7.84. The first-order chi connectivity index (χ1) is 19.7. The highest BCUT2D eigenvalue weighted by atomic mass is 16.5. The van der Waals surface area contributed by atoms with Crippen molar-refractivity contribution in [1.82, 2.24) is 0 Å². The first-order valence-electron chi connectivity index (χ1n) is 16.1. The molecule has 1 aliphatic rings. The summed E-state index contributed by atoms with van der Waals surface area (Å²) in [6.45, 7) is 12.9. The van der Waals surface area contributed by atoms with Gasteiger partial charge in [0.2, 0.25) is 0 Å². The lowest BCUT2D eigenvalue weighted by Gasteiger charge is -2.37. The zero-order valence-electron chi connectivity index (χ0n) is 27.1. The summed E-state index contributed by atoms with van der Waals surface area (Å²) < 4.78 is 5.96. The minimum atomic E-state index is -0.131. The molecule has 0 spiro atoms. The van der Waals surface area contributed by atoms with Gasteiger partial charge in [-0.3, -0.25) is 9.59 Å². The van der Waals surface area contributed by atoms with Crippen molar-refractivity contribution in [2.24, 2.45) is 5.41 Å². The van der Waals surface area contributed by atoms with E-state index in [0.29, 0.717) is 6.42 Å². The monoisotopic (exact) mass is 562 g/mol. The van der Waals surface area contributed by atoms with Gasteiger partial charge in [0.15, 0.2) is 0 Å². The number of ether oxygens (including phenoxy) is 1. The molecule has 41 heavy (non-hydrogen) atoms. The van der Waals surface area contributed by atoms with Crippen molar-refractivity contribution in [3.05, 3.63) is 83.1 Å². The lowest BCUT2D eigenvalue weighted by atomic mass is 9.71. The van der Waals surface area contributed by atoms with Crippen LogP contribution < -0.4 is 0 Å². The average molecular weight is 563 g/mol. The van der Waals surface area contributed by atoms with Gasteiger partial charge >= 0.3 is 5.97 Å². The summed E-state index contributed by atoms with van der Waals surface area (Å²) in [6.07, 6.45) is 37.0. The lowest BCUT2D eigenvalue weighted by molar-refractivity contribution is -0.148. The summed E-state index contributed by atoms with van der Waals surface area (Å²) in [6, 6.07) is 0. The van der Waals surface area contributed by atoms with E-state index < -0.39 is 0 Å². The summed E-state index contributed by atoms with van der Waals surface area (Å²) in [7, 11) is 0. The molecule has 0 amide bonds. The first-order valence-corrected chi connectivity index (χ1v) is 16.1. The highest BCUT2D eigenvalue weighted by Gasteiger charge is 2.33. The Balaban J connectivity index is 2.40. The molecule has 0 aromatic carbocycles. The molecule has 1 atom stereocenters. The number of hydrogen-bond acceptors (Lipinski definition) is 3. The van der Waals surface area contributed by atoms with Crippen molar-refractivity contribution in [3.8, 4) is 0 Å². The molecule has 0 N–H and O–H groups in total. The van der Waals surface area contributed by atoms with Gasteiger partial charge in [0.05, 0.1) is 0 Å². The standard InChI is InChI=1S/C38H58O3/c1-7-8-9-10-11-12-13-14-15-16-17-18-19-20-21-25-37(40)41-36-28-30-38(5,6)35(34(36)4)27-26-32(2)23-22-24-33(3)29-31-39/h11-12,14-15,22-24,26-27,29,31,36H,7-10,13,16-21,25,28,30H2,1-6H3/b12-11+,15-14+,24-22+,27-26+,32-23+,33-29+. The van der Waals surface area contributed by atoms with E-state index in [2.05, 4.69) is 71.1 Å². The zero-order chi connectivity index (χ0) is 30.3. The Morgan fingerprint density at radius 1 is 0.878 bits per heavy atom. The predicted molar refractivity (Wildman–Crippen MR) is 177 cm³/mol. The van der Waals surface area contributed by atoms with Crippen LogP contribution in [0, 0.1) is 5.41 Å². The molecule has 0 fully saturated rings. The number of carbonyl (C=O) groups excluding carboxylic acids is 2. The first kappa shape index (κ1) is 36.3. The third-order valence-electron chi connectivity index (χ3n) is 7.84. The van der Waals surface area contributed by atoms with E-state index in [4.69, 9.17) is 4.74 Å². The Labute approximate surface area is 252 Å². The number of aldehydes is 1. The third kappa shape index (κ3) is 17.0. The van der Waals surface area contributed by atoms with Crippen molar-refractivity contribution in [2.45, 2.75) is 138 Å². The normalized spacial score (nSPS) is 18.4. The number of hydrogen-bond donors (Lipinski definition) is 0. The zero-order valence-corrected chi connectivity index (χ0v) is 27.1. The maximum atomic E-state index is 12.6. The highest BCUT2D eigenvalue weighted by Crippen LogP contribution is 2.42. The van der Waals surface area contributed by atoms with Gasteiger partial charge in [-0.05, 0) is 100 Å². The Kier molecular flexibility index (Phi) is 19.5. The van der Waals surface area contributed by atoms with Crippen LogP contribution in [-0.4, -0.2) is 18.4 Å². The van der Waals surface area contributed by atoms with Gasteiger partial charge < -0.3 is 4.74 Å². The van der Waals surface area contributed by atoms with Gasteiger partial charge in [-0.15, -0.1) is 0 Å². The largest absolute Gasteiger partial charge is 0.458 e. The minimum absolute atomic E-state index is 0.0447. The molecule has 0 radical (unpaired) electrons. The maximum absolute atomic E-state index is 12.6. The van der Waals surface area contributed by atoms with Gasteiger partial charge in [-0.1, -0.05) is 113 Å². The van der Waals surface area contributed by atoms with E-state index in [-0.39, 0.29) is 17.5 Å². The molecular weight excluding hydrogens is 504 g/mol. The van der Waals surface area contributed by atoms with Gasteiger partial charge in [-0.25, -0.2) is 0 Å². The van der Waals surface area contributed by atoms with Gasteiger partial charge in [0.25, 0.3) is 0 Å². The summed E-state index contributed by atoms with van der Waals surface area (Å²) in [5.41, 5.74) is 4.51. The fourth-order valence-electron chi connectivity index (χ4n) is 5.14. The molecular formula is C38H58O3. The molecule has 0 aromatic rings. The minimum Gasteiger partial charge on any atom is -0.458 e. The Hall–Kier alpha value is -2.68. The highest BCUT2D eigenvalue weighted by molar-refractivity contribution is 5.70. The number of allylic oxidation sites excluding steroid dienone is 13. The number of unbranched alkanes of at least 4 members (excludes halogenated alkanes) is 8. The SMILES string of the molecule is CCCCC/C=C/C/C=C/CCCCCCCC(=O)OC1CCC(C)(C)C(/C=C/C(C)=C/C=C/C(C)=C/C=O)=C1C. The van der Waals surface area contributed by atoms with Crippen molar-refractivity contribution < 1.29 is 14.3 Å². The van der Waals surface area contributed by atoms with E-state index in [1.54, 1.807) is 6.08 Å². The van der Waals surface area contributed by atoms with Crippen LogP contribution in [0.5, 0.6) is 0 Å². The van der Waals surface area contributed by atoms with Gasteiger partial charge in [-0.2, -0.15) is 0 Å². The molecule has 0 heterocycles. The van der Waals surface area contributed by atoms with E-state index in [1.807, 2.05) is 25.2 Å². The lowest BCUT2D eigenvalue weighted by Crippen LogP contribution is -2.30. The predicted octanol–water partition coefficient (Wildman–Crippen LogP) is 11.1. The van der Waals surface area contributed by atoms with Crippen LogP contribution in [-0.2, 0) is 14.3 Å². The van der Waals surface area contributed by atoms with Gasteiger partial charge in [0.1, 0.15) is 12.4 Å². The molecule has 3 nitrogen and oxygen atoms in total. The van der Waals surface area contributed by atoms with Crippen molar-refractivity contribution in [3.63, 3.8) is 0 Å². The van der Waals surface area contributed by atoms with Crippen molar-refractivity contribution in [2.75, 3.05) is 0 Å². The fraction of sp³-hybridized carbons (Fsp3) is 0.579. The second kappa shape index (κ2) is 22.0. The van der Waals surface area contributed by atoms with Crippen LogP contribution in [0.1, 0.15) is 131 Å². The molecule has 0 saturated heterocycles. The van der Waals surface area contributed by atoms with E-state index in [1.165, 1.54) is 56.1 Å². The van der Waals surface area contributed by atoms with Crippen LogP contribution in [0.4, 0.5) is 0 Å². The number of rotatable bonds is 20. The van der Waals surface area contributed by atoms with Crippen molar-refractivity contribution >= 4 is 12.3 Å². The quantitative estimate of drug-likeness (QED) is 0.0370. The number of carbonyl (C=O) groups is 2. The summed E-state index contributed by atoms with van der Waals surface area (Å²) in [5, 5.41) is 0. The fourth-order valence-corrected chi connectivity index (χ4v) is 5.14. The van der Waals surface area contributed by atoms with Gasteiger partial charge in [0, 0.05) is 6.42 Å². The summed E-state index contributed by atoms with van der Waals surface area (Å²) in [5.74, 6) is -0.0666. The molecule has 1 unspecified atom stereocenters. The summed E-state index contributed by atoms with van der Waals surface area (Å²) in [4.78, 5) is 23.2. The second-order valence-electron chi connectivity index (χ2n) is 12.1. The van der Waals surface area contributed by atoms with E-state index in [9.17, 15) is 9.59 Å². The van der Waals surface area contributed by atoms with Crippen LogP contribution in [0.3, 0.4) is 0 Å². The Morgan fingerprint density at radius 3 is 2.20 bits per heavy atom. The number of esters is 1. The maximum Gasteiger partial charge on any atom is 0.306 e. The molecule has 1 aliphatic carbocycles. The topological polar surface area (TPSA) is 43.4 Å². The van der Waals surface area contributed by atoms with Crippen molar-refractivity contribution in [1.29, 1.82) is 0 Å². The molecule has 0 saturated carbocycles. The van der Waals surface area contributed by atoms with E-state index >= 15 is 0 Å². The molecule has 3 heteroatoms. The van der Waals surface area contributed by atoms with Crippen LogP contribution in [0.2, 0.25) is 0 Å². The molecule has 0 aromatic heterocycles. The van der Waals surface area contributed by atoms with Crippen LogP contribution >= 0.6 is 0 Å². The smallest absolute Gasteiger partial charge is 0.306 e. The Morgan fingerprint density at radius 2 is 1.51 bits per heavy atom.